The van der Waals surface area contributed by atoms with Crippen LogP contribution in [0.5, 0.6) is 0 Å². The quantitative estimate of drug-likeness (QED) is 0.901. The monoisotopic (exact) mass is 307 g/mol. The van der Waals surface area contributed by atoms with E-state index < -0.39 is 0 Å². The molecule has 2 aliphatic carbocycles. The lowest BCUT2D eigenvalue weighted by Gasteiger charge is -2.49. The molecule has 116 valence electrons. The van der Waals surface area contributed by atoms with Gasteiger partial charge in [0.2, 0.25) is 0 Å². The molecule has 3 nitrogen and oxygen atoms in total. The van der Waals surface area contributed by atoms with Crippen molar-refractivity contribution < 1.29 is 9.90 Å². The molecule has 1 fully saturated rings. The SMILES string of the molecule is CCC1CCc2sc(C(=O)NC3CC(O)C3(C)C)cc2C1. The van der Waals surface area contributed by atoms with Crippen LogP contribution in [0.25, 0.3) is 0 Å². The van der Waals surface area contributed by atoms with Gasteiger partial charge < -0.3 is 10.4 Å². The maximum atomic E-state index is 12.4. The first-order chi connectivity index (χ1) is 9.91. The summed E-state index contributed by atoms with van der Waals surface area (Å²) in [5.74, 6) is 0.816. The van der Waals surface area contributed by atoms with Gasteiger partial charge in [0.1, 0.15) is 0 Å². The predicted molar refractivity (Wildman–Crippen MR) is 85.8 cm³/mol. The van der Waals surface area contributed by atoms with Gasteiger partial charge in [0.05, 0.1) is 11.0 Å². The van der Waals surface area contributed by atoms with Gasteiger partial charge in [-0.05, 0) is 43.2 Å². The van der Waals surface area contributed by atoms with Crippen LogP contribution in [-0.2, 0) is 12.8 Å². The Balaban J connectivity index is 1.68. The third kappa shape index (κ3) is 2.64. The molecule has 1 aromatic rings. The highest BCUT2D eigenvalue weighted by Gasteiger charge is 2.48. The van der Waals surface area contributed by atoms with Gasteiger partial charge in [0.25, 0.3) is 5.91 Å². The van der Waals surface area contributed by atoms with E-state index in [1.165, 1.54) is 23.3 Å². The lowest BCUT2D eigenvalue weighted by molar-refractivity contribution is -0.0689. The number of aryl methyl sites for hydroxylation is 1. The fraction of sp³-hybridized carbons (Fsp3) is 0.706. The molecule has 2 N–H and O–H groups in total. The Morgan fingerprint density at radius 3 is 2.90 bits per heavy atom. The minimum absolute atomic E-state index is 0.0347. The first kappa shape index (κ1) is 15.0. The summed E-state index contributed by atoms with van der Waals surface area (Å²) in [6, 6.07) is 2.18. The zero-order chi connectivity index (χ0) is 15.2. The summed E-state index contributed by atoms with van der Waals surface area (Å²) in [4.78, 5) is 14.7. The standard InChI is InChI=1S/C17H25NO2S/c1-4-10-5-6-12-11(7-10)8-13(21-12)16(20)18-14-9-15(19)17(14,2)3/h8,10,14-15,19H,4-7,9H2,1-3H3,(H,18,20). The number of nitrogens with one attached hydrogen (secondary N) is 1. The van der Waals surface area contributed by atoms with Gasteiger partial charge in [-0.25, -0.2) is 0 Å². The van der Waals surface area contributed by atoms with Gasteiger partial charge >= 0.3 is 0 Å². The largest absolute Gasteiger partial charge is 0.392 e. The first-order valence-corrected chi connectivity index (χ1v) is 8.84. The van der Waals surface area contributed by atoms with Crippen molar-refractivity contribution in [3.63, 3.8) is 0 Å². The molecule has 3 rings (SSSR count). The molecule has 2 aliphatic rings. The van der Waals surface area contributed by atoms with Crippen molar-refractivity contribution in [1.29, 1.82) is 0 Å². The van der Waals surface area contributed by atoms with E-state index in [1.807, 2.05) is 13.8 Å². The number of aliphatic hydroxyl groups is 1. The van der Waals surface area contributed by atoms with Crippen molar-refractivity contribution in [1.82, 2.24) is 5.32 Å². The van der Waals surface area contributed by atoms with Crippen LogP contribution in [0.1, 0.15) is 60.1 Å². The molecule has 0 bridgehead atoms. The molecular weight excluding hydrogens is 282 g/mol. The predicted octanol–water partition coefficient (Wildman–Crippen LogP) is 3.15. The molecule has 21 heavy (non-hydrogen) atoms. The summed E-state index contributed by atoms with van der Waals surface area (Å²) in [6.07, 6.45) is 5.10. The lowest BCUT2D eigenvalue weighted by atomic mass is 9.64. The summed E-state index contributed by atoms with van der Waals surface area (Å²) in [5, 5.41) is 12.9. The number of rotatable bonds is 3. The van der Waals surface area contributed by atoms with E-state index in [9.17, 15) is 9.90 Å². The first-order valence-electron chi connectivity index (χ1n) is 8.02. The lowest BCUT2D eigenvalue weighted by Crippen LogP contribution is -2.61. The van der Waals surface area contributed by atoms with E-state index in [2.05, 4.69) is 18.3 Å². The number of carbonyl (C=O) groups is 1. The number of carbonyl (C=O) groups excluding carboxylic acids is 1. The van der Waals surface area contributed by atoms with Crippen molar-refractivity contribution >= 4 is 17.2 Å². The highest BCUT2D eigenvalue weighted by molar-refractivity contribution is 7.14. The average molecular weight is 307 g/mol. The van der Waals surface area contributed by atoms with Gasteiger partial charge in [0, 0.05) is 16.3 Å². The molecule has 0 aromatic carbocycles. The number of fused-ring (bicyclic) bond motifs is 1. The molecule has 1 heterocycles. The molecule has 1 amide bonds. The van der Waals surface area contributed by atoms with Crippen LogP contribution in [0.15, 0.2) is 6.07 Å². The van der Waals surface area contributed by atoms with E-state index in [0.29, 0.717) is 6.42 Å². The Labute approximate surface area is 130 Å². The normalized spacial score (nSPS) is 30.4. The van der Waals surface area contributed by atoms with E-state index in [4.69, 9.17) is 0 Å². The molecule has 0 saturated heterocycles. The summed E-state index contributed by atoms with van der Waals surface area (Å²) >= 11 is 1.66. The number of hydrogen-bond donors (Lipinski definition) is 2. The minimum Gasteiger partial charge on any atom is -0.392 e. The molecule has 0 spiro atoms. The number of aliphatic hydroxyl groups excluding tert-OH is 1. The molecule has 3 unspecified atom stereocenters. The maximum absolute atomic E-state index is 12.4. The number of amides is 1. The van der Waals surface area contributed by atoms with Gasteiger partial charge in [-0.3, -0.25) is 4.79 Å². The maximum Gasteiger partial charge on any atom is 0.261 e. The van der Waals surface area contributed by atoms with Crippen LogP contribution in [-0.4, -0.2) is 23.2 Å². The van der Waals surface area contributed by atoms with Crippen molar-refractivity contribution in [3.05, 3.63) is 21.4 Å². The van der Waals surface area contributed by atoms with Gasteiger partial charge in [0.15, 0.2) is 0 Å². The fourth-order valence-corrected chi connectivity index (χ4v) is 4.55. The van der Waals surface area contributed by atoms with E-state index in [1.54, 1.807) is 11.3 Å². The van der Waals surface area contributed by atoms with Gasteiger partial charge in [-0.2, -0.15) is 0 Å². The van der Waals surface area contributed by atoms with Crippen LogP contribution < -0.4 is 5.32 Å². The highest BCUT2D eigenvalue weighted by Crippen LogP contribution is 2.41. The molecular formula is C17H25NO2S. The minimum atomic E-state index is -0.301. The Bertz CT molecular complexity index is 549. The molecule has 0 aliphatic heterocycles. The van der Waals surface area contributed by atoms with Gasteiger partial charge in [-0.1, -0.05) is 27.2 Å². The van der Waals surface area contributed by atoms with Crippen molar-refractivity contribution in [3.8, 4) is 0 Å². The molecule has 3 atom stereocenters. The van der Waals surface area contributed by atoms with E-state index >= 15 is 0 Å². The van der Waals surface area contributed by atoms with Crippen LogP contribution in [0.2, 0.25) is 0 Å². The molecule has 1 saturated carbocycles. The molecule has 0 radical (unpaired) electrons. The van der Waals surface area contributed by atoms with E-state index in [0.717, 1.165) is 23.6 Å². The summed E-state index contributed by atoms with van der Waals surface area (Å²) < 4.78 is 0. The Hall–Kier alpha value is -0.870. The highest BCUT2D eigenvalue weighted by atomic mass is 32.1. The fourth-order valence-electron chi connectivity index (χ4n) is 3.44. The number of hydrogen-bond acceptors (Lipinski definition) is 3. The zero-order valence-electron chi connectivity index (χ0n) is 13.1. The average Bonchev–Trinajstić information content (AvgIpc) is 2.89. The topological polar surface area (TPSA) is 49.3 Å². The van der Waals surface area contributed by atoms with E-state index in [-0.39, 0.29) is 23.5 Å². The van der Waals surface area contributed by atoms with Gasteiger partial charge in [-0.15, -0.1) is 11.3 Å². The third-order valence-electron chi connectivity index (χ3n) is 5.51. The van der Waals surface area contributed by atoms with Crippen LogP contribution in [0.4, 0.5) is 0 Å². The third-order valence-corrected chi connectivity index (χ3v) is 6.74. The second-order valence-corrected chi connectivity index (χ2v) is 8.31. The van der Waals surface area contributed by atoms with Crippen LogP contribution in [0, 0.1) is 11.3 Å². The number of thiophene rings is 1. The van der Waals surface area contributed by atoms with Crippen molar-refractivity contribution in [2.45, 2.75) is 65.0 Å². The van der Waals surface area contributed by atoms with Crippen LogP contribution >= 0.6 is 11.3 Å². The molecule has 1 aromatic heterocycles. The Kier molecular flexibility index (Phi) is 3.87. The van der Waals surface area contributed by atoms with Crippen molar-refractivity contribution in [2.75, 3.05) is 0 Å². The second-order valence-electron chi connectivity index (χ2n) is 7.18. The molecule has 4 heteroatoms. The second kappa shape index (κ2) is 5.40. The smallest absolute Gasteiger partial charge is 0.261 e. The van der Waals surface area contributed by atoms with Crippen molar-refractivity contribution in [2.24, 2.45) is 11.3 Å². The summed E-state index contributed by atoms with van der Waals surface area (Å²) in [7, 11) is 0. The van der Waals surface area contributed by atoms with Crippen LogP contribution in [0.3, 0.4) is 0 Å². The summed E-state index contributed by atoms with van der Waals surface area (Å²) in [5.41, 5.74) is 1.18. The summed E-state index contributed by atoms with van der Waals surface area (Å²) in [6.45, 7) is 6.27. The Morgan fingerprint density at radius 2 is 2.29 bits per heavy atom. The Morgan fingerprint density at radius 1 is 1.52 bits per heavy atom. The zero-order valence-corrected chi connectivity index (χ0v) is 13.9.